The minimum Gasteiger partial charge on any atom is -0.308 e. The van der Waals surface area contributed by atoms with Crippen LogP contribution in [0.4, 0.5) is 0 Å². The van der Waals surface area contributed by atoms with E-state index in [4.69, 9.17) is 0 Å². The van der Waals surface area contributed by atoms with Gasteiger partial charge in [0.1, 0.15) is 0 Å². The van der Waals surface area contributed by atoms with Crippen molar-refractivity contribution in [1.82, 2.24) is 10.3 Å². The van der Waals surface area contributed by atoms with Crippen LogP contribution in [-0.4, -0.2) is 11.5 Å². The van der Waals surface area contributed by atoms with Gasteiger partial charge in [0.2, 0.25) is 0 Å². The SMILES string of the molecule is CCCNC(Cc1csc2ccccc12)c1ccccn1. The Balaban J connectivity index is 1.87. The molecule has 0 aliphatic heterocycles. The van der Waals surface area contributed by atoms with E-state index >= 15 is 0 Å². The second-order valence-electron chi connectivity index (χ2n) is 5.22. The molecule has 0 aliphatic rings. The zero-order chi connectivity index (χ0) is 14.5. The number of hydrogen-bond acceptors (Lipinski definition) is 3. The van der Waals surface area contributed by atoms with Crippen LogP contribution in [0.1, 0.15) is 30.6 Å². The first-order valence-corrected chi connectivity index (χ1v) is 8.36. The van der Waals surface area contributed by atoms with Crippen molar-refractivity contribution in [2.24, 2.45) is 0 Å². The van der Waals surface area contributed by atoms with Gasteiger partial charge in [-0.25, -0.2) is 0 Å². The van der Waals surface area contributed by atoms with Crippen LogP contribution < -0.4 is 5.32 Å². The highest BCUT2D eigenvalue weighted by molar-refractivity contribution is 7.17. The van der Waals surface area contributed by atoms with E-state index in [2.05, 4.69) is 59.0 Å². The normalized spacial score (nSPS) is 12.6. The minimum absolute atomic E-state index is 0.282. The van der Waals surface area contributed by atoms with Gasteiger partial charge in [-0.1, -0.05) is 31.2 Å². The predicted molar refractivity (Wildman–Crippen MR) is 90.8 cm³/mol. The number of rotatable bonds is 6. The highest BCUT2D eigenvalue weighted by atomic mass is 32.1. The summed E-state index contributed by atoms with van der Waals surface area (Å²) in [6, 6.07) is 15.1. The molecule has 2 nitrogen and oxygen atoms in total. The van der Waals surface area contributed by atoms with Gasteiger partial charge in [0.05, 0.1) is 11.7 Å². The zero-order valence-corrected chi connectivity index (χ0v) is 13.1. The summed E-state index contributed by atoms with van der Waals surface area (Å²) in [5.74, 6) is 0. The minimum atomic E-state index is 0.282. The summed E-state index contributed by atoms with van der Waals surface area (Å²) in [6.45, 7) is 3.21. The lowest BCUT2D eigenvalue weighted by molar-refractivity contribution is 0.519. The summed E-state index contributed by atoms with van der Waals surface area (Å²) >= 11 is 1.83. The van der Waals surface area contributed by atoms with Gasteiger partial charge in [-0.2, -0.15) is 0 Å². The number of pyridine rings is 1. The second-order valence-corrected chi connectivity index (χ2v) is 6.13. The molecule has 1 aromatic carbocycles. The number of thiophene rings is 1. The molecule has 0 spiro atoms. The van der Waals surface area contributed by atoms with Crippen molar-refractivity contribution in [3.8, 4) is 0 Å². The molecule has 0 saturated heterocycles. The molecule has 0 amide bonds. The fourth-order valence-corrected chi connectivity index (χ4v) is 3.57. The first kappa shape index (κ1) is 14.2. The Morgan fingerprint density at radius 1 is 1.14 bits per heavy atom. The van der Waals surface area contributed by atoms with Gasteiger partial charge in [0.25, 0.3) is 0 Å². The molecule has 0 fully saturated rings. The third-order valence-corrected chi connectivity index (χ3v) is 4.68. The fraction of sp³-hybridized carbons (Fsp3) is 0.278. The lowest BCUT2D eigenvalue weighted by Crippen LogP contribution is -2.24. The molecule has 2 aromatic heterocycles. The molecule has 0 radical (unpaired) electrons. The van der Waals surface area contributed by atoms with Gasteiger partial charge in [-0.3, -0.25) is 4.98 Å². The molecule has 3 rings (SSSR count). The van der Waals surface area contributed by atoms with Crippen LogP contribution in [0, 0.1) is 0 Å². The van der Waals surface area contributed by atoms with E-state index in [1.807, 2.05) is 23.6 Å². The lowest BCUT2D eigenvalue weighted by Gasteiger charge is -2.17. The molecule has 0 saturated carbocycles. The Morgan fingerprint density at radius 2 is 2.00 bits per heavy atom. The van der Waals surface area contributed by atoms with Gasteiger partial charge < -0.3 is 5.32 Å². The second kappa shape index (κ2) is 6.83. The number of nitrogens with zero attached hydrogens (tertiary/aromatic N) is 1. The van der Waals surface area contributed by atoms with Crippen molar-refractivity contribution in [3.05, 3.63) is 65.3 Å². The molecule has 3 aromatic rings. The number of hydrogen-bond donors (Lipinski definition) is 1. The molecular formula is C18H20N2S. The molecule has 0 aliphatic carbocycles. The number of fused-ring (bicyclic) bond motifs is 1. The highest BCUT2D eigenvalue weighted by Crippen LogP contribution is 2.29. The van der Waals surface area contributed by atoms with Crippen LogP contribution in [0.5, 0.6) is 0 Å². The van der Waals surface area contributed by atoms with E-state index in [0.29, 0.717) is 0 Å². The number of benzene rings is 1. The molecule has 1 N–H and O–H groups in total. The maximum Gasteiger partial charge on any atom is 0.0576 e. The molecule has 108 valence electrons. The first-order chi connectivity index (χ1) is 10.4. The largest absolute Gasteiger partial charge is 0.308 e. The van der Waals surface area contributed by atoms with Crippen LogP contribution in [-0.2, 0) is 6.42 Å². The van der Waals surface area contributed by atoms with E-state index in [0.717, 1.165) is 25.1 Å². The van der Waals surface area contributed by atoms with Crippen molar-refractivity contribution < 1.29 is 0 Å². The summed E-state index contributed by atoms with van der Waals surface area (Å²) in [4.78, 5) is 4.53. The van der Waals surface area contributed by atoms with Crippen LogP contribution in [0.25, 0.3) is 10.1 Å². The van der Waals surface area contributed by atoms with E-state index < -0.39 is 0 Å². The highest BCUT2D eigenvalue weighted by Gasteiger charge is 2.15. The van der Waals surface area contributed by atoms with Crippen molar-refractivity contribution in [2.75, 3.05) is 6.54 Å². The Kier molecular flexibility index (Phi) is 4.63. The van der Waals surface area contributed by atoms with Crippen molar-refractivity contribution in [2.45, 2.75) is 25.8 Å². The summed E-state index contributed by atoms with van der Waals surface area (Å²) < 4.78 is 1.36. The molecule has 0 bridgehead atoms. The molecule has 2 heterocycles. The first-order valence-electron chi connectivity index (χ1n) is 7.48. The quantitative estimate of drug-likeness (QED) is 0.720. The van der Waals surface area contributed by atoms with Crippen LogP contribution in [0.2, 0.25) is 0 Å². The predicted octanol–water partition coefficient (Wildman–Crippen LogP) is 4.58. The third kappa shape index (κ3) is 3.31. The van der Waals surface area contributed by atoms with Crippen LogP contribution in [0.3, 0.4) is 0 Å². The number of nitrogens with one attached hydrogen (secondary N) is 1. The molecule has 1 unspecified atom stereocenters. The molecule has 1 atom stereocenters. The average molecular weight is 296 g/mol. The van der Waals surface area contributed by atoms with Gasteiger partial charge in [0, 0.05) is 10.9 Å². The van der Waals surface area contributed by atoms with Crippen LogP contribution in [0.15, 0.2) is 54.0 Å². The molecule has 3 heteroatoms. The number of aromatic nitrogens is 1. The van der Waals surface area contributed by atoms with E-state index in [-0.39, 0.29) is 6.04 Å². The summed E-state index contributed by atoms with van der Waals surface area (Å²) in [7, 11) is 0. The smallest absolute Gasteiger partial charge is 0.0576 e. The molecular weight excluding hydrogens is 276 g/mol. The van der Waals surface area contributed by atoms with Gasteiger partial charge >= 0.3 is 0 Å². The lowest BCUT2D eigenvalue weighted by atomic mass is 10.0. The maximum absolute atomic E-state index is 4.53. The van der Waals surface area contributed by atoms with Crippen LogP contribution >= 0.6 is 11.3 Å². The Bertz CT molecular complexity index is 691. The topological polar surface area (TPSA) is 24.9 Å². The molecule has 21 heavy (non-hydrogen) atoms. The summed E-state index contributed by atoms with van der Waals surface area (Å²) in [6.07, 6.45) is 4.00. The standard InChI is InChI=1S/C18H20N2S/c1-2-10-19-17(16-8-5-6-11-20-16)12-14-13-21-18-9-4-3-7-15(14)18/h3-9,11,13,17,19H,2,10,12H2,1H3. The fourth-order valence-electron chi connectivity index (χ4n) is 2.59. The maximum atomic E-state index is 4.53. The van der Waals surface area contributed by atoms with E-state index in [9.17, 15) is 0 Å². The zero-order valence-electron chi connectivity index (χ0n) is 12.3. The Morgan fingerprint density at radius 3 is 2.81 bits per heavy atom. The van der Waals surface area contributed by atoms with Crippen molar-refractivity contribution >= 4 is 21.4 Å². The summed E-state index contributed by atoms with van der Waals surface area (Å²) in [5, 5.41) is 7.29. The van der Waals surface area contributed by atoms with Gasteiger partial charge in [-0.15, -0.1) is 11.3 Å². The van der Waals surface area contributed by atoms with E-state index in [1.54, 1.807) is 0 Å². The monoisotopic (exact) mass is 296 g/mol. The van der Waals surface area contributed by atoms with Gasteiger partial charge in [0.15, 0.2) is 0 Å². The third-order valence-electron chi connectivity index (χ3n) is 3.67. The average Bonchev–Trinajstić information content (AvgIpc) is 2.95. The van der Waals surface area contributed by atoms with E-state index in [1.165, 1.54) is 15.6 Å². The Labute approximate surface area is 129 Å². The Hall–Kier alpha value is -1.71. The summed E-state index contributed by atoms with van der Waals surface area (Å²) in [5.41, 5.74) is 2.54. The van der Waals surface area contributed by atoms with Gasteiger partial charge in [-0.05, 0) is 53.9 Å². The van der Waals surface area contributed by atoms with Crippen molar-refractivity contribution in [3.63, 3.8) is 0 Å². The van der Waals surface area contributed by atoms with Crippen molar-refractivity contribution in [1.29, 1.82) is 0 Å².